The predicted molar refractivity (Wildman–Crippen MR) is 66.7 cm³/mol. The lowest BCUT2D eigenvalue weighted by molar-refractivity contribution is -0.149. The lowest BCUT2D eigenvalue weighted by Gasteiger charge is -2.25. The summed E-state index contributed by atoms with van der Waals surface area (Å²) in [7, 11) is 0. The van der Waals surface area contributed by atoms with Gasteiger partial charge in [-0.3, -0.25) is 4.79 Å². The van der Waals surface area contributed by atoms with E-state index < -0.39 is 11.4 Å². The molecule has 0 bridgehead atoms. The van der Waals surface area contributed by atoms with Crippen molar-refractivity contribution in [1.82, 2.24) is 5.32 Å². The first-order valence-electron chi connectivity index (χ1n) is 6.48. The fourth-order valence-corrected chi connectivity index (χ4v) is 3.03. The highest BCUT2D eigenvalue weighted by Gasteiger charge is 2.44. The van der Waals surface area contributed by atoms with Crippen LogP contribution in [0.4, 0.5) is 4.39 Å². The van der Waals surface area contributed by atoms with Crippen LogP contribution in [-0.2, 0) is 11.2 Å². The Morgan fingerprint density at radius 1 is 1.58 bits per heavy atom. The van der Waals surface area contributed by atoms with Crippen molar-refractivity contribution in [3.8, 4) is 5.75 Å². The van der Waals surface area contributed by atoms with Crippen LogP contribution >= 0.6 is 0 Å². The number of benzene rings is 1. The second-order valence-corrected chi connectivity index (χ2v) is 5.41. The van der Waals surface area contributed by atoms with Crippen molar-refractivity contribution in [3.63, 3.8) is 0 Å². The molecule has 0 amide bonds. The highest BCUT2D eigenvalue weighted by molar-refractivity contribution is 5.75. The summed E-state index contributed by atoms with van der Waals surface area (Å²) in [4.78, 5) is 11.5. The molecule has 2 atom stereocenters. The quantitative estimate of drug-likeness (QED) is 0.871. The minimum absolute atomic E-state index is 0.173. The molecule has 0 spiro atoms. The molecule has 0 aliphatic carbocycles. The van der Waals surface area contributed by atoms with Crippen LogP contribution in [0.1, 0.15) is 18.4 Å². The first kappa shape index (κ1) is 12.4. The largest absolute Gasteiger partial charge is 0.490 e. The lowest BCUT2D eigenvalue weighted by Crippen LogP contribution is -2.38. The number of nitrogens with one attached hydrogen (secondary N) is 1. The van der Waals surface area contributed by atoms with E-state index in [0.29, 0.717) is 31.6 Å². The molecule has 2 heterocycles. The summed E-state index contributed by atoms with van der Waals surface area (Å²) in [6.07, 6.45) is 1.49. The molecule has 0 radical (unpaired) electrons. The Morgan fingerprint density at radius 3 is 3.11 bits per heavy atom. The van der Waals surface area contributed by atoms with E-state index in [1.807, 2.05) is 0 Å². The zero-order chi connectivity index (χ0) is 13.5. The molecule has 0 saturated carbocycles. The molecule has 1 aromatic rings. The minimum atomic E-state index is -0.775. The number of hydrogen-bond acceptors (Lipinski definition) is 3. The normalized spacial score (nSPS) is 29.0. The van der Waals surface area contributed by atoms with E-state index in [1.165, 1.54) is 12.1 Å². The number of aliphatic carboxylic acids is 1. The number of hydrogen-bond donors (Lipinski definition) is 2. The Hall–Kier alpha value is -1.62. The maximum Gasteiger partial charge on any atom is 0.311 e. The van der Waals surface area contributed by atoms with Crippen molar-refractivity contribution in [1.29, 1.82) is 0 Å². The highest BCUT2D eigenvalue weighted by atomic mass is 19.1. The molecule has 5 heteroatoms. The van der Waals surface area contributed by atoms with E-state index >= 15 is 0 Å². The molecule has 4 nitrogen and oxygen atoms in total. The van der Waals surface area contributed by atoms with Crippen LogP contribution in [0.25, 0.3) is 0 Å². The average molecular weight is 265 g/mol. The van der Waals surface area contributed by atoms with Gasteiger partial charge in [0.25, 0.3) is 0 Å². The molecular weight excluding hydrogens is 249 g/mol. The standard InChI is InChI=1S/C14H16FNO3/c15-10-1-2-12-9(5-10)6-11(19-12)7-14(13(17)18)3-4-16-8-14/h1-2,5,11,16H,3-4,6-8H2,(H,17,18). The minimum Gasteiger partial charge on any atom is -0.490 e. The maximum atomic E-state index is 13.1. The van der Waals surface area contributed by atoms with Crippen LogP contribution in [-0.4, -0.2) is 30.3 Å². The van der Waals surface area contributed by atoms with Gasteiger partial charge in [0, 0.05) is 24.9 Å². The Bertz CT molecular complexity index is 511. The molecule has 0 aromatic heterocycles. The van der Waals surface area contributed by atoms with Crippen molar-refractivity contribution in [2.75, 3.05) is 13.1 Å². The first-order valence-corrected chi connectivity index (χ1v) is 6.48. The van der Waals surface area contributed by atoms with Crippen LogP contribution in [0.15, 0.2) is 18.2 Å². The number of carboxylic acid groups (broad SMARTS) is 1. The highest BCUT2D eigenvalue weighted by Crippen LogP contribution is 2.38. The molecule has 2 aliphatic rings. The van der Waals surface area contributed by atoms with E-state index in [1.54, 1.807) is 6.07 Å². The van der Waals surface area contributed by atoms with E-state index in [4.69, 9.17) is 4.74 Å². The van der Waals surface area contributed by atoms with Crippen molar-refractivity contribution < 1.29 is 19.0 Å². The topological polar surface area (TPSA) is 58.6 Å². The zero-order valence-electron chi connectivity index (χ0n) is 10.5. The van der Waals surface area contributed by atoms with Crippen molar-refractivity contribution in [2.24, 2.45) is 5.41 Å². The SMILES string of the molecule is O=C(O)C1(CC2Cc3cc(F)ccc3O2)CCNC1. The molecule has 102 valence electrons. The number of carbonyl (C=O) groups is 1. The average Bonchev–Trinajstić information content (AvgIpc) is 2.96. The maximum absolute atomic E-state index is 13.1. The number of halogens is 1. The monoisotopic (exact) mass is 265 g/mol. The second kappa shape index (κ2) is 4.49. The van der Waals surface area contributed by atoms with Gasteiger partial charge in [0.15, 0.2) is 0 Å². The Labute approximate surface area is 110 Å². The van der Waals surface area contributed by atoms with Gasteiger partial charge in [0.1, 0.15) is 17.7 Å². The third kappa shape index (κ3) is 2.18. The number of rotatable bonds is 3. The molecule has 1 saturated heterocycles. The first-order chi connectivity index (χ1) is 9.09. The Kier molecular flexibility index (Phi) is 2.93. The van der Waals surface area contributed by atoms with Gasteiger partial charge in [-0.2, -0.15) is 0 Å². The van der Waals surface area contributed by atoms with E-state index in [2.05, 4.69) is 5.32 Å². The summed E-state index contributed by atoms with van der Waals surface area (Å²) in [6.45, 7) is 1.20. The van der Waals surface area contributed by atoms with Gasteiger partial charge in [-0.05, 0) is 31.2 Å². The molecule has 2 unspecified atom stereocenters. The third-order valence-electron chi connectivity index (χ3n) is 4.08. The summed E-state index contributed by atoms with van der Waals surface area (Å²) < 4.78 is 18.9. The molecule has 2 N–H and O–H groups in total. The molecule has 3 rings (SSSR count). The van der Waals surface area contributed by atoms with Crippen LogP contribution < -0.4 is 10.1 Å². The van der Waals surface area contributed by atoms with Gasteiger partial charge in [-0.25, -0.2) is 4.39 Å². The summed E-state index contributed by atoms with van der Waals surface area (Å²) >= 11 is 0. The molecular formula is C14H16FNO3. The molecule has 1 aromatic carbocycles. The fourth-order valence-electron chi connectivity index (χ4n) is 3.03. The zero-order valence-corrected chi connectivity index (χ0v) is 10.5. The van der Waals surface area contributed by atoms with Crippen molar-refractivity contribution in [3.05, 3.63) is 29.6 Å². The van der Waals surface area contributed by atoms with Crippen LogP contribution in [0.5, 0.6) is 5.75 Å². The smallest absolute Gasteiger partial charge is 0.311 e. The van der Waals surface area contributed by atoms with E-state index in [9.17, 15) is 14.3 Å². The Morgan fingerprint density at radius 2 is 2.42 bits per heavy atom. The number of ether oxygens (including phenoxy) is 1. The van der Waals surface area contributed by atoms with Gasteiger partial charge < -0.3 is 15.2 Å². The second-order valence-electron chi connectivity index (χ2n) is 5.41. The molecule has 1 fully saturated rings. The molecule has 2 aliphatic heterocycles. The van der Waals surface area contributed by atoms with Crippen LogP contribution in [0, 0.1) is 11.2 Å². The summed E-state index contributed by atoms with van der Waals surface area (Å²) in [5.41, 5.74) is 0.0853. The number of fused-ring (bicyclic) bond motifs is 1. The van der Waals surface area contributed by atoms with Crippen LogP contribution in [0.2, 0.25) is 0 Å². The van der Waals surface area contributed by atoms with Gasteiger partial charge in [0.2, 0.25) is 0 Å². The van der Waals surface area contributed by atoms with E-state index in [-0.39, 0.29) is 11.9 Å². The van der Waals surface area contributed by atoms with Gasteiger partial charge in [-0.15, -0.1) is 0 Å². The van der Waals surface area contributed by atoms with Crippen molar-refractivity contribution >= 4 is 5.97 Å². The third-order valence-corrected chi connectivity index (χ3v) is 4.08. The van der Waals surface area contributed by atoms with Gasteiger partial charge in [-0.1, -0.05) is 0 Å². The summed E-state index contributed by atoms with van der Waals surface area (Å²) in [5, 5.41) is 12.5. The van der Waals surface area contributed by atoms with Gasteiger partial charge >= 0.3 is 5.97 Å². The lowest BCUT2D eigenvalue weighted by atomic mass is 9.81. The van der Waals surface area contributed by atoms with Crippen LogP contribution in [0.3, 0.4) is 0 Å². The summed E-state index contributed by atoms with van der Waals surface area (Å²) in [5.74, 6) is -0.375. The summed E-state index contributed by atoms with van der Waals surface area (Å²) in [6, 6.07) is 4.45. The molecule has 19 heavy (non-hydrogen) atoms. The van der Waals surface area contributed by atoms with Crippen molar-refractivity contribution in [2.45, 2.75) is 25.4 Å². The Balaban J connectivity index is 1.74. The van der Waals surface area contributed by atoms with E-state index in [0.717, 1.165) is 12.1 Å². The van der Waals surface area contributed by atoms with Gasteiger partial charge in [0.05, 0.1) is 5.41 Å². The predicted octanol–water partition coefficient (Wildman–Crippen LogP) is 1.58. The fraction of sp³-hybridized carbons (Fsp3) is 0.500. The number of carboxylic acids is 1.